The van der Waals surface area contributed by atoms with Gasteiger partial charge < -0.3 is 10.1 Å². The van der Waals surface area contributed by atoms with Crippen molar-refractivity contribution >= 4 is 27.3 Å². The Balaban J connectivity index is 1.80. The second-order valence-electron chi connectivity index (χ2n) is 7.44. The molecule has 1 N–H and O–H groups in total. The molecule has 1 saturated carbocycles. The summed E-state index contributed by atoms with van der Waals surface area (Å²) in [5, 5.41) is 3.52. The van der Waals surface area contributed by atoms with E-state index in [1.807, 2.05) is 12.1 Å². The zero-order valence-corrected chi connectivity index (χ0v) is 17.2. The highest BCUT2D eigenvalue weighted by Gasteiger charge is 2.59. The van der Waals surface area contributed by atoms with E-state index in [1.54, 1.807) is 30.3 Å². The van der Waals surface area contributed by atoms with Crippen molar-refractivity contribution in [2.75, 3.05) is 13.4 Å². The molecule has 0 bridgehead atoms. The van der Waals surface area contributed by atoms with Gasteiger partial charge in [-0.2, -0.15) is 0 Å². The normalized spacial score (nSPS) is 20.8. The maximum Gasteiger partial charge on any atom is 0.255 e. The van der Waals surface area contributed by atoms with Gasteiger partial charge >= 0.3 is 0 Å². The standard InChI is InChI=1S/C20H22ClNO4S/c1-20(2)17(12-5-8-14(9-6-12)27(4,24)25)18(20)22-19(23)15-11-13(21)7-10-16(15)26-3/h5-11,17-18H,1-4H3,(H,22,23)/t17-,18-/m0/s1. The fraction of sp³-hybridized carbons (Fsp3) is 0.350. The summed E-state index contributed by atoms with van der Waals surface area (Å²) >= 11 is 6.02. The third-order valence-corrected chi connectivity index (χ3v) is 6.55. The molecule has 0 aromatic heterocycles. The quantitative estimate of drug-likeness (QED) is 0.820. The van der Waals surface area contributed by atoms with E-state index in [1.165, 1.54) is 13.4 Å². The molecule has 144 valence electrons. The molecule has 1 fully saturated rings. The van der Waals surface area contributed by atoms with E-state index >= 15 is 0 Å². The van der Waals surface area contributed by atoms with E-state index in [2.05, 4.69) is 19.2 Å². The van der Waals surface area contributed by atoms with E-state index in [9.17, 15) is 13.2 Å². The molecule has 2 aromatic carbocycles. The van der Waals surface area contributed by atoms with Crippen LogP contribution in [0.1, 0.15) is 35.7 Å². The first-order valence-electron chi connectivity index (χ1n) is 8.50. The van der Waals surface area contributed by atoms with Crippen molar-refractivity contribution in [2.24, 2.45) is 5.41 Å². The molecule has 0 spiro atoms. The molecule has 0 radical (unpaired) electrons. The highest BCUT2D eigenvalue weighted by atomic mass is 35.5. The van der Waals surface area contributed by atoms with Crippen LogP contribution in [0.4, 0.5) is 0 Å². The van der Waals surface area contributed by atoms with Gasteiger partial charge in [-0.15, -0.1) is 0 Å². The molecule has 0 heterocycles. The molecule has 2 aromatic rings. The Hall–Kier alpha value is -2.05. The highest BCUT2D eigenvalue weighted by Crippen LogP contribution is 2.58. The summed E-state index contributed by atoms with van der Waals surface area (Å²) in [6.45, 7) is 4.14. The minimum absolute atomic E-state index is 0.0715. The number of benzene rings is 2. The zero-order valence-electron chi connectivity index (χ0n) is 15.6. The SMILES string of the molecule is COc1ccc(Cl)cc1C(=O)N[C@H]1[C@H](c2ccc(S(C)(=O)=O)cc2)C1(C)C. The Morgan fingerprint density at radius 1 is 1.15 bits per heavy atom. The van der Waals surface area contributed by atoms with Crippen LogP contribution < -0.4 is 10.1 Å². The lowest BCUT2D eigenvalue weighted by Gasteiger charge is -2.10. The van der Waals surface area contributed by atoms with Gasteiger partial charge in [0.25, 0.3) is 5.91 Å². The van der Waals surface area contributed by atoms with Crippen LogP contribution in [0.3, 0.4) is 0 Å². The van der Waals surface area contributed by atoms with Gasteiger partial charge in [-0.05, 0) is 41.3 Å². The van der Waals surface area contributed by atoms with Gasteiger partial charge in [-0.25, -0.2) is 8.42 Å². The Labute approximate surface area is 164 Å². The molecular weight excluding hydrogens is 386 g/mol. The average molecular weight is 408 g/mol. The summed E-state index contributed by atoms with van der Waals surface area (Å²) in [5.41, 5.74) is 1.24. The van der Waals surface area contributed by atoms with Crippen LogP contribution in [0.5, 0.6) is 5.75 Å². The van der Waals surface area contributed by atoms with Gasteiger partial charge in [-0.3, -0.25) is 4.79 Å². The van der Waals surface area contributed by atoms with Crippen LogP contribution in [0.2, 0.25) is 5.02 Å². The van der Waals surface area contributed by atoms with E-state index in [-0.39, 0.29) is 28.2 Å². The lowest BCUT2D eigenvalue weighted by molar-refractivity contribution is 0.0943. The van der Waals surface area contributed by atoms with Crippen molar-refractivity contribution in [1.29, 1.82) is 0 Å². The molecule has 2 atom stereocenters. The van der Waals surface area contributed by atoms with Crippen molar-refractivity contribution in [3.63, 3.8) is 0 Å². The number of nitrogens with one attached hydrogen (secondary N) is 1. The molecule has 3 rings (SSSR count). The number of carbonyl (C=O) groups excluding carboxylic acids is 1. The second kappa shape index (κ2) is 6.84. The number of carbonyl (C=O) groups is 1. The smallest absolute Gasteiger partial charge is 0.255 e. The number of rotatable bonds is 5. The van der Waals surface area contributed by atoms with Crippen molar-refractivity contribution in [2.45, 2.75) is 30.7 Å². The summed E-state index contributed by atoms with van der Waals surface area (Å²) < 4.78 is 28.5. The molecule has 1 amide bonds. The van der Waals surface area contributed by atoms with E-state index in [0.29, 0.717) is 16.3 Å². The Morgan fingerprint density at radius 3 is 2.33 bits per heavy atom. The van der Waals surface area contributed by atoms with Gasteiger partial charge in [-0.1, -0.05) is 37.6 Å². The maximum absolute atomic E-state index is 12.7. The molecule has 1 aliphatic carbocycles. The molecule has 27 heavy (non-hydrogen) atoms. The fourth-order valence-electron chi connectivity index (χ4n) is 3.53. The monoisotopic (exact) mass is 407 g/mol. The number of hydrogen-bond donors (Lipinski definition) is 1. The topological polar surface area (TPSA) is 72.5 Å². The van der Waals surface area contributed by atoms with Crippen LogP contribution in [-0.2, 0) is 9.84 Å². The first-order valence-corrected chi connectivity index (χ1v) is 10.8. The Morgan fingerprint density at radius 2 is 1.78 bits per heavy atom. The van der Waals surface area contributed by atoms with E-state index < -0.39 is 9.84 Å². The Kier molecular flexibility index (Phi) is 4.99. The zero-order chi connectivity index (χ0) is 20.0. The first kappa shape index (κ1) is 19.7. The number of sulfone groups is 1. The van der Waals surface area contributed by atoms with Crippen LogP contribution in [-0.4, -0.2) is 33.7 Å². The minimum atomic E-state index is -3.23. The van der Waals surface area contributed by atoms with Crippen LogP contribution >= 0.6 is 11.6 Å². The summed E-state index contributed by atoms with van der Waals surface area (Å²) in [7, 11) is -1.72. The molecule has 1 aliphatic rings. The summed E-state index contributed by atoms with van der Waals surface area (Å²) in [4.78, 5) is 13.0. The average Bonchev–Trinajstić information content (AvgIpc) is 3.14. The lowest BCUT2D eigenvalue weighted by Crippen LogP contribution is -2.29. The molecule has 0 aliphatic heterocycles. The number of methoxy groups -OCH3 is 1. The predicted octanol–water partition coefficient (Wildman–Crippen LogP) is 3.67. The van der Waals surface area contributed by atoms with Crippen LogP contribution in [0.15, 0.2) is 47.4 Å². The fourth-order valence-corrected chi connectivity index (χ4v) is 4.33. The third kappa shape index (κ3) is 3.82. The lowest BCUT2D eigenvalue weighted by atomic mass is 10.0. The predicted molar refractivity (Wildman–Crippen MR) is 105 cm³/mol. The van der Waals surface area contributed by atoms with Crippen LogP contribution in [0, 0.1) is 5.41 Å². The summed E-state index contributed by atoms with van der Waals surface area (Å²) in [6, 6.07) is 11.7. The van der Waals surface area contributed by atoms with Crippen molar-refractivity contribution < 1.29 is 17.9 Å². The molecule has 5 nitrogen and oxygen atoms in total. The van der Waals surface area contributed by atoms with E-state index in [4.69, 9.17) is 16.3 Å². The van der Waals surface area contributed by atoms with Gasteiger partial charge in [0.1, 0.15) is 5.75 Å². The molecule has 0 unspecified atom stereocenters. The number of amides is 1. The maximum atomic E-state index is 12.7. The third-order valence-electron chi connectivity index (χ3n) is 5.19. The number of ether oxygens (including phenoxy) is 1. The molecule has 0 saturated heterocycles. The van der Waals surface area contributed by atoms with Gasteiger partial charge in [0.05, 0.1) is 17.6 Å². The summed E-state index contributed by atoms with van der Waals surface area (Å²) in [5.74, 6) is 0.312. The molecule has 7 heteroatoms. The largest absolute Gasteiger partial charge is 0.496 e. The second-order valence-corrected chi connectivity index (χ2v) is 9.89. The van der Waals surface area contributed by atoms with Crippen molar-refractivity contribution in [1.82, 2.24) is 5.32 Å². The Bertz CT molecular complexity index is 984. The first-order chi connectivity index (χ1) is 12.6. The number of halogens is 1. The number of hydrogen-bond acceptors (Lipinski definition) is 4. The highest BCUT2D eigenvalue weighted by molar-refractivity contribution is 7.90. The van der Waals surface area contributed by atoms with Crippen molar-refractivity contribution in [3.8, 4) is 5.75 Å². The van der Waals surface area contributed by atoms with Gasteiger partial charge in [0.2, 0.25) is 0 Å². The van der Waals surface area contributed by atoms with Crippen LogP contribution in [0.25, 0.3) is 0 Å². The van der Waals surface area contributed by atoms with Gasteiger partial charge in [0.15, 0.2) is 9.84 Å². The van der Waals surface area contributed by atoms with Gasteiger partial charge in [0, 0.05) is 23.2 Å². The molecular formula is C20H22ClNO4S. The minimum Gasteiger partial charge on any atom is -0.496 e. The van der Waals surface area contributed by atoms with E-state index in [0.717, 1.165) is 5.56 Å². The summed E-state index contributed by atoms with van der Waals surface area (Å²) in [6.07, 6.45) is 1.18. The van der Waals surface area contributed by atoms with Crippen molar-refractivity contribution in [3.05, 3.63) is 58.6 Å².